The highest BCUT2D eigenvalue weighted by molar-refractivity contribution is 5.84. The summed E-state index contributed by atoms with van der Waals surface area (Å²) >= 11 is 0. The molecule has 1 unspecified atom stereocenters. The molecule has 8 nitrogen and oxygen atoms in total. The molecule has 0 aromatic carbocycles. The number of urea groups is 1. The predicted octanol–water partition coefficient (Wildman–Crippen LogP) is -1.17. The van der Waals surface area contributed by atoms with Gasteiger partial charge in [0.15, 0.2) is 0 Å². The van der Waals surface area contributed by atoms with Gasteiger partial charge in [-0.15, -0.1) is 0 Å². The third-order valence-corrected chi connectivity index (χ3v) is 3.22. The van der Waals surface area contributed by atoms with Crippen molar-refractivity contribution in [1.29, 1.82) is 0 Å². The van der Waals surface area contributed by atoms with Gasteiger partial charge in [-0.1, -0.05) is 6.92 Å². The van der Waals surface area contributed by atoms with Crippen LogP contribution in [0.3, 0.4) is 0 Å². The molecule has 1 rings (SSSR count). The Bertz CT molecular complexity index is 355. The quantitative estimate of drug-likeness (QED) is 0.491. The lowest BCUT2D eigenvalue weighted by Gasteiger charge is -2.27. The number of amides is 3. The second kappa shape index (κ2) is 8.36. The fourth-order valence-corrected chi connectivity index (χ4v) is 1.87. The standard InChI is InChI=1S/C12H22N4O4/c1-2-9(11(18)19)7-14-12(20)15-8-10(17)16-5-3-13-4-6-16/h9,13H,2-8H2,1H3,(H,18,19)(H2,14,15,20). The van der Waals surface area contributed by atoms with Gasteiger partial charge in [-0.3, -0.25) is 9.59 Å². The molecule has 1 fully saturated rings. The lowest BCUT2D eigenvalue weighted by Crippen LogP contribution is -2.50. The number of nitrogens with zero attached hydrogens (tertiary/aromatic N) is 1. The summed E-state index contributed by atoms with van der Waals surface area (Å²) < 4.78 is 0. The topological polar surface area (TPSA) is 111 Å². The monoisotopic (exact) mass is 286 g/mol. The zero-order valence-electron chi connectivity index (χ0n) is 11.6. The second-order valence-electron chi connectivity index (χ2n) is 4.64. The van der Waals surface area contributed by atoms with Gasteiger partial charge in [0.25, 0.3) is 0 Å². The van der Waals surface area contributed by atoms with Gasteiger partial charge in [-0.25, -0.2) is 4.79 Å². The lowest BCUT2D eigenvalue weighted by molar-refractivity contribution is -0.141. The minimum absolute atomic E-state index is 0.0551. The third kappa shape index (κ3) is 5.43. The largest absolute Gasteiger partial charge is 0.481 e. The van der Waals surface area contributed by atoms with E-state index in [1.807, 2.05) is 0 Å². The number of hydrogen-bond donors (Lipinski definition) is 4. The Morgan fingerprint density at radius 1 is 1.25 bits per heavy atom. The molecular formula is C12H22N4O4. The Hall–Kier alpha value is -1.83. The molecule has 3 amide bonds. The van der Waals surface area contributed by atoms with E-state index in [4.69, 9.17) is 5.11 Å². The Morgan fingerprint density at radius 3 is 2.45 bits per heavy atom. The van der Waals surface area contributed by atoms with Gasteiger partial charge in [-0.2, -0.15) is 0 Å². The van der Waals surface area contributed by atoms with Crippen molar-refractivity contribution < 1.29 is 19.5 Å². The molecule has 4 N–H and O–H groups in total. The van der Waals surface area contributed by atoms with Gasteiger partial charge in [0.05, 0.1) is 12.5 Å². The van der Waals surface area contributed by atoms with E-state index >= 15 is 0 Å². The summed E-state index contributed by atoms with van der Waals surface area (Å²) in [5.41, 5.74) is 0. The average Bonchev–Trinajstić information content (AvgIpc) is 2.46. The lowest BCUT2D eigenvalue weighted by atomic mass is 10.1. The normalized spacial score (nSPS) is 16.4. The molecule has 1 atom stereocenters. The highest BCUT2D eigenvalue weighted by Crippen LogP contribution is 2.00. The van der Waals surface area contributed by atoms with E-state index in [9.17, 15) is 14.4 Å². The first-order chi connectivity index (χ1) is 9.54. The fourth-order valence-electron chi connectivity index (χ4n) is 1.87. The van der Waals surface area contributed by atoms with E-state index in [-0.39, 0.29) is 19.0 Å². The maximum atomic E-state index is 11.8. The predicted molar refractivity (Wildman–Crippen MR) is 72.3 cm³/mol. The van der Waals surface area contributed by atoms with Crippen LogP contribution in [0.25, 0.3) is 0 Å². The Kier molecular flexibility index (Phi) is 6.78. The molecule has 0 bridgehead atoms. The Balaban J connectivity index is 2.22. The van der Waals surface area contributed by atoms with Crippen LogP contribution in [0, 0.1) is 5.92 Å². The number of hydrogen-bond acceptors (Lipinski definition) is 4. The number of rotatable bonds is 6. The second-order valence-corrected chi connectivity index (χ2v) is 4.64. The Morgan fingerprint density at radius 2 is 1.90 bits per heavy atom. The van der Waals surface area contributed by atoms with Crippen molar-refractivity contribution in [3.05, 3.63) is 0 Å². The van der Waals surface area contributed by atoms with E-state index < -0.39 is 17.9 Å². The number of carbonyl (C=O) groups excluding carboxylic acids is 2. The van der Waals surface area contributed by atoms with Crippen molar-refractivity contribution in [3.63, 3.8) is 0 Å². The van der Waals surface area contributed by atoms with Crippen LogP contribution in [0.1, 0.15) is 13.3 Å². The van der Waals surface area contributed by atoms with Crippen LogP contribution in [-0.4, -0.2) is 67.2 Å². The third-order valence-electron chi connectivity index (χ3n) is 3.22. The molecule has 1 aliphatic rings. The van der Waals surface area contributed by atoms with Crippen LogP contribution in [0.4, 0.5) is 4.79 Å². The summed E-state index contributed by atoms with van der Waals surface area (Å²) in [5, 5.41) is 16.9. The van der Waals surface area contributed by atoms with E-state index in [1.54, 1.807) is 11.8 Å². The fraction of sp³-hybridized carbons (Fsp3) is 0.750. The molecule has 1 heterocycles. The van der Waals surface area contributed by atoms with Crippen molar-refractivity contribution in [3.8, 4) is 0 Å². The van der Waals surface area contributed by atoms with E-state index in [0.717, 1.165) is 13.1 Å². The van der Waals surface area contributed by atoms with Crippen molar-refractivity contribution in [1.82, 2.24) is 20.9 Å². The molecule has 114 valence electrons. The highest BCUT2D eigenvalue weighted by Gasteiger charge is 2.18. The molecule has 20 heavy (non-hydrogen) atoms. The smallest absolute Gasteiger partial charge is 0.315 e. The number of carboxylic acid groups (broad SMARTS) is 1. The number of nitrogens with one attached hydrogen (secondary N) is 3. The van der Waals surface area contributed by atoms with Gasteiger partial charge in [0.1, 0.15) is 0 Å². The first-order valence-electron chi connectivity index (χ1n) is 6.77. The number of carbonyl (C=O) groups is 3. The van der Waals surface area contributed by atoms with Crippen LogP contribution in [-0.2, 0) is 9.59 Å². The summed E-state index contributed by atoms with van der Waals surface area (Å²) in [4.78, 5) is 35.7. The van der Waals surface area contributed by atoms with E-state index in [2.05, 4.69) is 16.0 Å². The number of piperazine rings is 1. The van der Waals surface area contributed by atoms with Crippen LogP contribution in [0.5, 0.6) is 0 Å². The van der Waals surface area contributed by atoms with Crippen molar-refractivity contribution >= 4 is 17.9 Å². The zero-order chi connectivity index (χ0) is 15.0. The average molecular weight is 286 g/mol. The minimum Gasteiger partial charge on any atom is -0.481 e. The molecule has 0 aromatic rings. The molecule has 8 heteroatoms. The molecule has 1 aliphatic heterocycles. The minimum atomic E-state index is -0.940. The van der Waals surface area contributed by atoms with Gasteiger partial charge < -0.3 is 26.0 Å². The van der Waals surface area contributed by atoms with Crippen LogP contribution < -0.4 is 16.0 Å². The van der Waals surface area contributed by atoms with E-state index in [1.165, 1.54) is 0 Å². The van der Waals surface area contributed by atoms with Crippen molar-refractivity contribution in [2.75, 3.05) is 39.3 Å². The summed E-state index contributed by atoms with van der Waals surface area (Å²) in [6.07, 6.45) is 0.440. The molecule has 0 saturated carbocycles. The number of carboxylic acids is 1. The summed E-state index contributed by atoms with van der Waals surface area (Å²) in [7, 11) is 0. The summed E-state index contributed by atoms with van der Waals surface area (Å²) in [5.74, 6) is -1.68. The van der Waals surface area contributed by atoms with Crippen LogP contribution in [0.15, 0.2) is 0 Å². The van der Waals surface area contributed by atoms with Crippen LogP contribution in [0.2, 0.25) is 0 Å². The zero-order valence-corrected chi connectivity index (χ0v) is 11.6. The highest BCUT2D eigenvalue weighted by atomic mass is 16.4. The molecule has 0 radical (unpaired) electrons. The molecule has 1 saturated heterocycles. The van der Waals surface area contributed by atoms with Crippen molar-refractivity contribution in [2.24, 2.45) is 5.92 Å². The maximum absolute atomic E-state index is 11.8. The summed E-state index contributed by atoms with van der Waals surface area (Å²) in [6.45, 7) is 4.52. The van der Waals surface area contributed by atoms with Gasteiger partial charge >= 0.3 is 12.0 Å². The molecule has 0 aromatic heterocycles. The number of aliphatic carboxylic acids is 1. The van der Waals surface area contributed by atoms with Gasteiger partial charge in [-0.05, 0) is 6.42 Å². The molecule has 0 spiro atoms. The Labute approximate surface area is 117 Å². The SMILES string of the molecule is CCC(CNC(=O)NCC(=O)N1CCNCC1)C(=O)O. The van der Waals surface area contributed by atoms with Gasteiger partial charge in [0, 0.05) is 32.7 Å². The molecular weight excluding hydrogens is 264 g/mol. The van der Waals surface area contributed by atoms with Crippen molar-refractivity contribution in [2.45, 2.75) is 13.3 Å². The molecule has 0 aliphatic carbocycles. The summed E-state index contributed by atoms with van der Waals surface area (Å²) in [6, 6.07) is -0.520. The first kappa shape index (κ1) is 16.2. The van der Waals surface area contributed by atoms with E-state index in [0.29, 0.717) is 19.5 Å². The van der Waals surface area contributed by atoms with Crippen LogP contribution >= 0.6 is 0 Å². The maximum Gasteiger partial charge on any atom is 0.315 e. The van der Waals surface area contributed by atoms with Gasteiger partial charge in [0.2, 0.25) is 5.91 Å². The first-order valence-corrected chi connectivity index (χ1v) is 6.77.